The van der Waals surface area contributed by atoms with Crippen molar-refractivity contribution >= 4 is 0 Å². The van der Waals surface area contributed by atoms with E-state index in [1.54, 1.807) is 7.11 Å². The first-order valence-corrected chi connectivity index (χ1v) is 6.12. The second kappa shape index (κ2) is 4.26. The van der Waals surface area contributed by atoms with Gasteiger partial charge in [0.1, 0.15) is 0 Å². The lowest BCUT2D eigenvalue weighted by Crippen LogP contribution is -2.56. The second-order valence-electron chi connectivity index (χ2n) is 5.41. The minimum Gasteiger partial charge on any atom is -0.389 e. The molecule has 2 heterocycles. The van der Waals surface area contributed by atoms with Crippen molar-refractivity contribution in [3.63, 3.8) is 0 Å². The summed E-state index contributed by atoms with van der Waals surface area (Å²) in [6, 6.07) is 0. The Bertz CT molecular complexity index is 257. The zero-order valence-corrected chi connectivity index (χ0v) is 10.2. The molecule has 94 valence electrons. The van der Waals surface area contributed by atoms with Crippen LogP contribution in [0.15, 0.2) is 0 Å². The van der Waals surface area contributed by atoms with Crippen LogP contribution in [0.4, 0.5) is 0 Å². The predicted molar refractivity (Wildman–Crippen MR) is 61.1 cm³/mol. The average molecular weight is 229 g/mol. The summed E-state index contributed by atoms with van der Waals surface area (Å²) in [4.78, 5) is 0. The van der Waals surface area contributed by atoms with Crippen LogP contribution < -0.4 is 5.73 Å². The van der Waals surface area contributed by atoms with E-state index >= 15 is 0 Å². The van der Waals surface area contributed by atoms with Crippen molar-refractivity contribution in [3.8, 4) is 0 Å². The van der Waals surface area contributed by atoms with Crippen molar-refractivity contribution in [2.24, 2.45) is 11.1 Å². The Morgan fingerprint density at radius 1 is 1.56 bits per heavy atom. The summed E-state index contributed by atoms with van der Waals surface area (Å²) < 4.78 is 10.9. The van der Waals surface area contributed by atoms with Crippen LogP contribution in [0, 0.1) is 5.41 Å². The standard InChI is InChI=1S/C12H23NO3/c1-11(14,5-6-15-2)12(8-13)7-9-3-4-10(12)16-9/h9-10,14H,3-8,13H2,1-2H3. The van der Waals surface area contributed by atoms with Gasteiger partial charge in [0.25, 0.3) is 0 Å². The van der Waals surface area contributed by atoms with Crippen molar-refractivity contribution < 1.29 is 14.6 Å². The maximum atomic E-state index is 10.7. The molecule has 2 fully saturated rings. The number of rotatable bonds is 5. The van der Waals surface area contributed by atoms with Gasteiger partial charge in [0, 0.05) is 25.7 Å². The maximum absolute atomic E-state index is 10.7. The van der Waals surface area contributed by atoms with Gasteiger partial charge in [0.15, 0.2) is 0 Å². The minimum absolute atomic E-state index is 0.134. The van der Waals surface area contributed by atoms with Gasteiger partial charge in [-0.25, -0.2) is 0 Å². The third kappa shape index (κ3) is 1.68. The summed E-state index contributed by atoms with van der Waals surface area (Å²) in [6.07, 6.45) is 4.10. The summed E-state index contributed by atoms with van der Waals surface area (Å²) in [5, 5.41) is 10.7. The molecule has 0 radical (unpaired) electrons. The van der Waals surface area contributed by atoms with E-state index in [4.69, 9.17) is 15.2 Å². The largest absolute Gasteiger partial charge is 0.389 e. The number of fused-ring (bicyclic) bond motifs is 2. The van der Waals surface area contributed by atoms with E-state index in [1.807, 2.05) is 6.92 Å². The molecule has 4 unspecified atom stereocenters. The lowest BCUT2D eigenvalue weighted by Gasteiger charge is -2.46. The van der Waals surface area contributed by atoms with E-state index in [-0.39, 0.29) is 11.5 Å². The van der Waals surface area contributed by atoms with Crippen LogP contribution in [0.25, 0.3) is 0 Å². The maximum Gasteiger partial charge on any atom is 0.0735 e. The Balaban J connectivity index is 2.14. The van der Waals surface area contributed by atoms with Crippen LogP contribution in [0.2, 0.25) is 0 Å². The van der Waals surface area contributed by atoms with Gasteiger partial charge in [0.05, 0.1) is 17.8 Å². The molecule has 3 N–H and O–H groups in total. The van der Waals surface area contributed by atoms with Crippen molar-refractivity contribution in [2.75, 3.05) is 20.3 Å². The highest BCUT2D eigenvalue weighted by Gasteiger charge is 2.59. The molecule has 2 bridgehead atoms. The molecule has 4 nitrogen and oxygen atoms in total. The van der Waals surface area contributed by atoms with Gasteiger partial charge in [-0.3, -0.25) is 0 Å². The molecule has 0 spiro atoms. The van der Waals surface area contributed by atoms with Gasteiger partial charge in [-0.15, -0.1) is 0 Å². The Kier molecular flexibility index (Phi) is 3.27. The number of methoxy groups -OCH3 is 1. The summed E-state index contributed by atoms with van der Waals surface area (Å²) in [5.41, 5.74) is 4.87. The van der Waals surface area contributed by atoms with Crippen molar-refractivity contribution in [3.05, 3.63) is 0 Å². The van der Waals surface area contributed by atoms with E-state index in [1.165, 1.54) is 0 Å². The number of aliphatic hydroxyl groups is 1. The minimum atomic E-state index is -0.794. The van der Waals surface area contributed by atoms with E-state index in [0.29, 0.717) is 25.7 Å². The van der Waals surface area contributed by atoms with E-state index in [2.05, 4.69) is 0 Å². The predicted octanol–water partition coefficient (Wildman–Crippen LogP) is 0.670. The topological polar surface area (TPSA) is 64.7 Å². The van der Waals surface area contributed by atoms with Gasteiger partial charge in [0.2, 0.25) is 0 Å². The van der Waals surface area contributed by atoms with E-state index in [9.17, 15) is 5.11 Å². The highest BCUT2D eigenvalue weighted by molar-refractivity contribution is 5.09. The molecule has 0 saturated carbocycles. The normalized spacial score (nSPS) is 41.2. The van der Waals surface area contributed by atoms with Crippen LogP contribution in [0.3, 0.4) is 0 Å². The lowest BCUT2D eigenvalue weighted by atomic mass is 9.62. The molecular weight excluding hydrogens is 206 g/mol. The number of hydrogen-bond donors (Lipinski definition) is 2. The second-order valence-corrected chi connectivity index (χ2v) is 5.41. The molecule has 0 amide bonds. The van der Waals surface area contributed by atoms with Gasteiger partial charge in [-0.2, -0.15) is 0 Å². The van der Waals surface area contributed by atoms with Crippen LogP contribution >= 0.6 is 0 Å². The molecule has 4 atom stereocenters. The molecule has 2 aliphatic heterocycles. The average Bonchev–Trinajstić information content (AvgIpc) is 2.86. The molecule has 0 aromatic heterocycles. The van der Waals surface area contributed by atoms with Crippen LogP contribution in [0.1, 0.15) is 32.6 Å². The van der Waals surface area contributed by atoms with Crippen LogP contribution in [-0.2, 0) is 9.47 Å². The number of nitrogens with two attached hydrogens (primary N) is 1. The first kappa shape index (κ1) is 12.3. The SMILES string of the molecule is COCCC(C)(O)C1(CN)CC2CCC1O2. The first-order chi connectivity index (χ1) is 7.55. The van der Waals surface area contributed by atoms with Crippen LogP contribution in [0.5, 0.6) is 0 Å². The highest BCUT2D eigenvalue weighted by Crippen LogP contribution is 2.53. The lowest BCUT2D eigenvalue weighted by molar-refractivity contribution is -0.111. The summed E-state index contributed by atoms with van der Waals surface area (Å²) in [6.45, 7) is 2.93. The summed E-state index contributed by atoms with van der Waals surface area (Å²) in [7, 11) is 1.66. The van der Waals surface area contributed by atoms with Gasteiger partial charge in [-0.1, -0.05) is 0 Å². The van der Waals surface area contributed by atoms with Gasteiger partial charge >= 0.3 is 0 Å². The molecule has 0 aromatic carbocycles. The highest BCUT2D eigenvalue weighted by atomic mass is 16.5. The summed E-state index contributed by atoms with van der Waals surface area (Å²) in [5.74, 6) is 0. The Hall–Kier alpha value is -0.160. The molecule has 2 saturated heterocycles. The third-order valence-electron chi connectivity index (χ3n) is 4.55. The fraction of sp³-hybridized carbons (Fsp3) is 1.00. The van der Waals surface area contributed by atoms with E-state index < -0.39 is 5.60 Å². The zero-order valence-electron chi connectivity index (χ0n) is 10.2. The zero-order chi connectivity index (χ0) is 11.8. The van der Waals surface area contributed by atoms with Gasteiger partial charge < -0.3 is 20.3 Å². The number of hydrogen-bond acceptors (Lipinski definition) is 4. The molecule has 2 rings (SSSR count). The first-order valence-electron chi connectivity index (χ1n) is 6.12. The molecule has 16 heavy (non-hydrogen) atoms. The van der Waals surface area contributed by atoms with Crippen molar-refractivity contribution in [1.29, 1.82) is 0 Å². The van der Waals surface area contributed by atoms with Gasteiger partial charge in [-0.05, 0) is 32.6 Å². The summed E-state index contributed by atoms with van der Waals surface area (Å²) >= 11 is 0. The smallest absolute Gasteiger partial charge is 0.0735 e. The molecule has 0 aliphatic carbocycles. The van der Waals surface area contributed by atoms with Crippen molar-refractivity contribution in [2.45, 2.75) is 50.4 Å². The van der Waals surface area contributed by atoms with Crippen molar-refractivity contribution in [1.82, 2.24) is 0 Å². The van der Waals surface area contributed by atoms with E-state index in [0.717, 1.165) is 19.3 Å². The van der Waals surface area contributed by atoms with Crippen LogP contribution in [-0.4, -0.2) is 43.2 Å². The molecular formula is C12H23NO3. The third-order valence-corrected chi connectivity index (χ3v) is 4.55. The fourth-order valence-corrected chi connectivity index (χ4v) is 3.35. The molecule has 0 aromatic rings. The number of ether oxygens (including phenoxy) is 2. The fourth-order valence-electron chi connectivity index (χ4n) is 3.35. The Morgan fingerprint density at radius 2 is 2.31 bits per heavy atom. The Morgan fingerprint density at radius 3 is 2.75 bits per heavy atom. The quantitative estimate of drug-likeness (QED) is 0.727. The Labute approximate surface area is 97.1 Å². The monoisotopic (exact) mass is 229 g/mol. The molecule has 4 heteroatoms. The molecule has 2 aliphatic rings.